The minimum Gasteiger partial charge on any atom is -0.358 e. The van der Waals surface area contributed by atoms with Crippen molar-refractivity contribution in [1.82, 2.24) is 20.4 Å². The number of rotatable bonds is 10. The van der Waals surface area contributed by atoms with Crippen LogP contribution in [0.2, 0.25) is 12.6 Å². The number of amides is 4. The van der Waals surface area contributed by atoms with Crippen LogP contribution in [0, 0.1) is 0 Å². The van der Waals surface area contributed by atoms with Crippen molar-refractivity contribution in [3.8, 4) is 0 Å². The zero-order valence-electron chi connectivity index (χ0n) is 14.5. The Balaban J connectivity index is 4.36. The third-order valence-corrected chi connectivity index (χ3v) is 3.34. The molecule has 4 amide bonds. The second kappa shape index (κ2) is 11.6. The minimum absolute atomic E-state index is 0.000341. The molecule has 0 bridgehead atoms. The molecule has 23 heavy (non-hydrogen) atoms. The van der Waals surface area contributed by atoms with Crippen LogP contribution in [0.1, 0.15) is 6.92 Å². The van der Waals surface area contributed by atoms with Crippen molar-refractivity contribution in [3.05, 3.63) is 0 Å². The number of likely N-dealkylation sites (N-methyl/N-ethyl adjacent to an activating group) is 2. The largest absolute Gasteiger partial charge is 0.358 e. The van der Waals surface area contributed by atoms with E-state index in [1.165, 1.54) is 16.8 Å². The number of hydrogen-bond donors (Lipinski definition) is 2. The van der Waals surface area contributed by atoms with E-state index in [0.29, 0.717) is 19.2 Å². The SMILES string of the molecule is BCC(=O)N(CCNC(=O)CN(CC)C(=O)CB)CC(=O)NC. The maximum absolute atomic E-state index is 11.8. The lowest BCUT2D eigenvalue weighted by atomic mass is 10.0. The van der Waals surface area contributed by atoms with E-state index in [1.807, 2.05) is 6.92 Å². The van der Waals surface area contributed by atoms with E-state index in [-0.39, 0.29) is 49.8 Å². The average molecular weight is 324 g/mol. The van der Waals surface area contributed by atoms with Gasteiger partial charge in [0.25, 0.3) is 0 Å². The smallest absolute Gasteiger partial charge is 0.239 e. The second-order valence-electron chi connectivity index (χ2n) is 4.95. The molecular weight excluding hydrogens is 298 g/mol. The number of nitrogens with zero attached hydrogens (tertiary/aromatic N) is 2. The lowest BCUT2D eigenvalue weighted by Crippen LogP contribution is -2.45. The molecule has 0 aliphatic rings. The Morgan fingerprint density at radius 3 is 1.91 bits per heavy atom. The van der Waals surface area contributed by atoms with E-state index < -0.39 is 0 Å². The van der Waals surface area contributed by atoms with Crippen molar-refractivity contribution < 1.29 is 19.2 Å². The van der Waals surface area contributed by atoms with Gasteiger partial charge in [-0.1, -0.05) is 0 Å². The van der Waals surface area contributed by atoms with Crippen LogP contribution in [-0.2, 0) is 19.2 Å². The van der Waals surface area contributed by atoms with Gasteiger partial charge in [0.1, 0.15) is 15.7 Å². The molecule has 0 rings (SSSR count). The Hall–Kier alpha value is -1.99. The van der Waals surface area contributed by atoms with Crippen LogP contribution in [0.4, 0.5) is 0 Å². The molecule has 0 atom stereocenters. The first-order valence-corrected chi connectivity index (χ1v) is 7.92. The molecule has 0 aromatic carbocycles. The summed E-state index contributed by atoms with van der Waals surface area (Å²) >= 11 is 0. The van der Waals surface area contributed by atoms with Crippen molar-refractivity contribution in [2.45, 2.75) is 19.6 Å². The molecule has 0 saturated heterocycles. The standard InChI is InChI=1S/C13H26B2N4O4/c1-3-18(12(22)6-14)9-11(21)17-4-5-19(13(23)7-15)8-10(20)16-2/h3-9,14-15H2,1-2H3,(H,16,20)(H,17,21). The van der Waals surface area contributed by atoms with Crippen LogP contribution in [-0.4, -0.2) is 88.9 Å². The van der Waals surface area contributed by atoms with Gasteiger partial charge < -0.3 is 20.4 Å². The highest BCUT2D eigenvalue weighted by Crippen LogP contribution is 1.94. The summed E-state index contributed by atoms with van der Waals surface area (Å²) in [5.41, 5.74) is 0. The highest BCUT2D eigenvalue weighted by Gasteiger charge is 2.16. The lowest BCUT2D eigenvalue weighted by molar-refractivity contribution is -0.135. The summed E-state index contributed by atoms with van der Waals surface area (Å²) in [5, 5.41) is 5.13. The van der Waals surface area contributed by atoms with Gasteiger partial charge in [-0.15, -0.1) is 0 Å². The van der Waals surface area contributed by atoms with Crippen molar-refractivity contribution in [2.75, 3.05) is 39.8 Å². The molecule has 0 aliphatic carbocycles. The van der Waals surface area contributed by atoms with Gasteiger partial charge in [0, 0.05) is 26.7 Å². The van der Waals surface area contributed by atoms with Crippen LogP contribution in [0.15, 0.2) is 0 Å². The average Bonchev–Trinajstić information content (AvgIpc) is 2.56. The molecule has 0 aliphatic heterocycles. The summed E-state index contributed by atoms with van der Waals surface area (Å²) in [5.74, 6) is -0.773. The number of hydrogen-bond acceptors (Lipinski definition) is 4. The van der Waals surface area contributed by atoms with Gasteiger partial charge >= 0.3 is 0 Å². The molecule has 0 unspecified atom stereocenters. The fourth-order valence-corrected chi connectivity index (χ4v) is 1.93. The molecule has 2 N–H and O–H groups in total. The van der Waals surface area contributed by atoms with E-state index in [1.54, 1.807) is 15.7 Å². The molecular formula is C13H26B2N4O4. The Morgan fingerprint density at radius 1 is 0.913 bits per heavy atom. The third kappa shape index (κ3) is 8.27. The maximum atomic E-state index is 11.8. The van der Waals surface area contributed by atoms with Crippen molar-refractivity contribution in [2.24, 2.45) is 0 Å². The first-order valence-electron chi connectivity index (χ1n) is 7.92. The molecule has 10 heteroatoms. The first kappa shape index (κ1) is 21.0. The zero-order chi connectivity index (χ0) is 17.8. The molecule has 0 spiro atoms. The number of nitrogens with one attached hydrogen (secondary N) is 2. The van der Waals surface area contributed by atoms with Crippen LogP contribution in [0.3, 0.4) is 0 Å². The van der Waals surface area contributed by atoms with Gasteiger partial charge in [-0.05, 0) is 19.6 Å². The van der Waals surface area contributed by atoms with E-state index in [9.17, 15) is 19.2 Å². The Kier molecular flexibility index (Phi) is 10.6. The van der Waals surface area contributed by atoms with Crippen LogP contribution in [0.5, 0.6) is 0 Å². The molecule has 8 nitrogen and oxygen atoms in total. The van der Waals surface area contributed by atoms with Crippen LogP contribution < -0.4 is 10.6 Å². The zero-order valence-corrected chi connectivity index (χ0v) is 14.5. The Bertz CT molecular complexity index is 434. The highest BCUT2D eigenvalue weighted by atomic mass is 16.2. The molecule has 0 heterocycles. The fourth-order valence-electron chi connectivity index (χ4n) is 1.93. The summed E-state index contributed by atoms with van der Waals surface area (Å²) in [7, 11) is 4.96. The summed E-state index contributed by atoms with van der Waals surface area (Å²) in [6.07, 6.45) is 0.644. The fraction of sp³-hybridized carbons (Fsp3) is 0.692. The molecule has 0 aromatic rings. The highest BCUT2D eigenvalue weighted by molar-refractivity contribution is 6.20. The predicted octanol–water partition coefficient (Wildman–Crippen LogP) is -3.37. The number of carbonyl (C=O) groups excluding carboxylic acids is 4. The van der Waals surface area contributed by atoms with Gasteiger partial charge in [0.15, 0.2) is 0 Å². The van der Waals surface area contributed by atoms with Gasteiger partial charge in [-0.25, -0.2) is 0 Å². The monoisotopic (exact) mass is 324 g/mol. The first-order chi connectivity index (χ1) is 10.9. The van der Waals surface area contributed by atoms with E-state index in [2.05, 4.69) is 10.6 Å². The topological polar surface area (TPSA) is 98.8 Å². The van der Waals surface area contributed by atoms with Crippen LogP contribution >= 0.6 is 0 Å². The molecule has 128 valence electrons. The molecule has 0 aromatic heterocycles. The van der Waals surface area contributed by atoms with Gasteiger partial charge in [0.2, 0.25) is 23.6 Å². The van der Waals surface area contributed by atoms with Gasteiger partial charge in [-0.3, -0.25) is 19.2 Å². The van der Waals surface area contributed by atoms with E-state index >= 15 is 0 Å². The Labute approximate surface area is 139 Å². The third-order valence-electron chi connectivity index (χ3n) is 3.34. The van der Waals surface area contributed by atoms with Crippen LogP contribution in [0.25, 0.3) is 0 Å². The maximum Gasteiger partial charge on any atom is 0.239 e. The second-order valence-corrected chi connectivity index (χ2v) is 4.95. The van der Waals surface area contributed by atoms with Crippen molar-refractivity contribution in [3.63, 3.8) is 0 Å². The predicted molar refractivity (Wildman–Crippen MR) is 92.6 cm³/mol. The van der Waals surface area contributed by atoms with Crippen molar-refractivity contribution >= 4 is 39.3 Å². The Morgan fingerprint density at radius 2 is 1.43 bits per heavy atom. The molecule has 0 fully saturated rings. The van der Waals surface area contributed by atoms with Gasteiger partial charge in [-0.2, -0.15) is 0 Å². The summed E-state index contributed by atoms with van der Waals surface area (Å²) < 4.78 is 0. The van der Waals surface area contributed by atoms with Crippen molar-refractivity contribution in [1.29, 1.82) is 0 Å². The summed E-state index contributed by atoms with van der Waals surface area (Å²) in [6.45, 7) is 2.73. The van der Waals surface area contributed by atoms with Gasteiger partial charge in [0.05, 0.1) is 13.1 Å². The molecule has 0 radical (unpaired) electrons. The lowest BCUT2D eigenvalue weighted by Gasteiger charge is -2.23. The molecule has 0 saturated carbocycles. The summed E-state index contributed by atoms with van der Waals surface area (Å²) in [4.78, 5) is 49.5. The summed E-state index contributed by atoms with van der Waals surface area (Å²) in [6, 6.07) is 0. The number of carbonyl (C=O) groups is 4. The minimum atomic E-state index is -0.280. The quantitative estimate of drug-likeness (QED) is 0.410. The van der Waals surface area contributed by atoms with E-state index in [4.69, 9.17) is 0 Å². The normalized spacial score (nSPS) is 9.83. The van der Waals surface area contributed by atoms with E-state index in [0.717, 1.165) is 0 Å².